The second kappa shape index (κ2) is 7.55. The summed E-state index contributed by atoms with van der Waals surface area (Å²) >= 11 is 0. The van der Waals surface area contributed by atoms with Crippen LogP contribution in [0.4, 0.5) is 0 Å². The molecule has 0 saturated carbocycles. The number of rotatable bonds is 0. The normalized spacial score (nSPS) is 7.38. The monoisotopic (exact) mass is 190 g/mol. The zero-order chi connectivity index (χ0) is 4.50. The molecule has 0 aliphatic carbocycles. The molecule has 56 valence electrons. The molecule has 0 rings (SSSR count). The van der Waals surface area contributed by atoms with Crippen LogP contribution in [0.25, 0.3) is 0 Å². The van der Waals surface area contributed by atoms with Crippen molar-refractivity contribution in [3.63, 3.8) is 0 Å². The molecule has 0 bridgehead atoms. The molecule has 0 radical (unpaired) electrons. The maximum absolute atomic E-state index is 8.88. The topological polar surface area (TPSA) is 141 Å². The van der Waals surface area contributed by atoms with Crippen LogP contribution in [0.3, 0.4) is 0 Å². The molecule has 0 aromatic heterocycles. The molecule has 8 heteroatoms. The van der Waals surface area contributed by atoms with Crippen molar-refractivity contribution < 1.29 is 47.3 Å². The summed E-state index contributed by atoms with van der Waals surface area (Å²) < 4.78 is 8.88. The Labute approximate surface area is 55.9 Å². The molecule has 6 nitrogen and oxygen atoms in total. The first-order valence-corrected chi connectivity index (χ1v) is 2.35. The van der Waals surface area contributed by atoms with Gasteiger partial charge in [-0.15, -0.1) is 0 Å². The van der Waals surface area contributed by atoms with Crippen molar-refractivity contribution in [3.05, 3.63) is 0 Å². The van der Waals surface area contributed by atoms with Crippen LogP contribution < -0.4 is 0 Å². The van der Waals surface area contributed by atoms with Crippen molar-refractivity contribution >= 4 is 7.82 Å². The van der Waals surface area contributed by atoms with Gasteiger partial charge in [0.25, 0.3) is 0 Å². The van der Waals surface area contributed by atoms with Crippen LogP contribution in [0.2, 0.25) is 0 Å². The number of hydrogen-bond donors (Lipinski definition) is 3. The molecule has 0 fully saturated rings. The van der Waals surface area contributed by atoms with Gasteiger partial charge in [0.1, 0.15) is 0 Å². The third-order valence-corrected chi connectivity index (χ3v) is 0. The minimum atomic E-state index is -4.64. The second-order valence-electron chi connectivity index (χ2n) is 0.513. The van der Waals surface area contributed by atoms with E-state index in [-0.39, 0.29) is 28.0 Å². The van der Waals surface area contributed by atoms with Crippen LogP contribution in [0, 0.1) is 0 Å². The van der Waals surface area contributed by atoms with Crippen LogP contribution in [-0.4, -0.2) is 25.6 Å². The first kappa shape index (κ1) is 23.5. The molecule has 0 saturated heterocycles. The van der Waals surface area contributed by atoms with E-state index in [2.05, 4.69) is 0 Å². The molecular weight excluding hydrogens is 183 g/mol. The van der Waals surface area contributed by atoms with Gasteiger partial charge >= 0.3 is 7.82 Å². The van der Waals surface area contributed by atoms with Crippen molar-refractivity contribution in [2.24, 2.45) is 0 Å². The van der Waals surface area contributed by atoms with E-state index in [0.717, 1.165) is 0 Å². The van der Waals surface area contributed by atoms with E-state index in [1.165, 1.54) is 0 Å². The second-order valence-corrected chi connectivity index (χ2v) is 1.54. The molecule has 0 unspecified atom stereocenters. The van der Waals surface area contributed by atoms with Gasteiger partial charge < -0.3 is 25.6 Å². The Morgan fingerprint density at radius 3 is 1.00 bits per heavy atom. The SMILES string of the molecule is O.O.O=P(O)(O)O.[Fe]. The van der Waals surface area contributed by atoms with E-state index in [1.807, 2.05) is 0 Å². The van der Waals surface area contributed by atoms with E-state index >= 15 is 0 Å². The number of hydrogen-bond acceptors (Lipinski definition) is 1. The molecule has 0 aromatic rings. The average molecular weight is 190 g/mol. The van der Waals surface area contributed by atoms with Gasteiger partial charge in [-0.05, 0) is 0 Å². The van der Waals surface area contributed by atoms with Gasteiger partial charge in [-0.3, -0.25) is 0 Å². The van der Waals surface area contributed by atoms with Crippen LogP contribution in [0.15, 0.2) is 0 Å². The van der Waals surface area contributed by atoms with Crippen molar-refractivity contribution in [3.8, 4) is 0 Å². The predicted octanol–water partition coefficient (Wildman–Crippen LogP) is -2.58. The standard InChI is InChI=1S/Fe.H3O4P.2H2O/c;1-5(2,3)4;;/h;(H3,1,2,3,4);2*1H2. The van der Waals surface area contributed by atoms with E-state index in [0.29, 0.717) is 0 Å². The van der Waals surface area contributed by atoms with Crippen molar-refractivity contribution in [2.45, 2.75) is 0 Å². The van der Waals surface area contributed by atoms with E-state index in [9.17, 15) is 0 Å². The Balaban J connectivity index is -0.0000000267. The van der Waals surface area contributed by atoms with Crippen LogP contribution in [0.1, 0.15) is 0 Å². The molecule has 0 aromatic carbocycles. The molecule has 0 aliphatic heterocycles. The van der Waals surface area contributed by atoms with Gasteiger partial charge in [0.2, 0.25) is 0 Å². The van der Waals surface area contributed by atoms with Crippen LogP contribution >= 0.6 is 7.82 Å². The summed E-state index contributed by atoms with van der Waals surface area (Å²) in [7, 11) is -4.64. The quantitative estimate of drug-likeness (QED) is 0.284. The Kier molecular flexibility index (Phi) is 22.2. The Bertz CT molecular complexity index is 54.7. The third kappa shape index (κ3) is 668. The van der Waals surface area contributed by atoms with Crippen molar-refractivity contribution in [1.82, 2.24) is 0 Å². The van der Waals surface area contributed by atoms with Crippen molar-refractivity contribution in [1.29, 1.82) is 0 Å². The molecule has 7 N–H and O–H groups in total. The fourth-order valence-corrected chi connectivity index (χ4v) is 0. The summed E-state index contributed by atoms with van der Waals surface area (Å²) in [6.07, 6.45) is 0. The summed E-state index contributed by atoms with van der Waals surface area (Å²) in [6, 6.07) is 0. The maximum atomic E-state index is 8.88. The first-order chi connectivity index (χ1) is 2.00. The molecule has 0 atom stereocenters. The largest absolute Gasteiger partial charge is 0.466 e. The fraction of sp³-hybridized carbons (Fsp3) is 0. The summed E-state index contributed by atoms with van der Waals surface area (Å²) in [5, 5.41) is 0. The first-order valence-electron chi connectivity index (χ1n) is 0.783. The van der Waals surface area contributed by atoms with Gasteiger partial charge in [-0.2, -0.15) is 0 Å². The minimum Gasteiger partial charge on any atom is -0.412 e. The van der Waals surface area contributed by atoms with E-state index < -0.39 is 7.82 Å². The van der Waals surface area contributed by atoms with Crippen molar-refractivity contribution in [2.75, 3.05) is 0 Å². The minimum absolute atomic E-state index is 0. The molecule has 8 heavy (non-hydrogen) atoms. The zero-order valence-corrected chi connectivity index (χ0v) is 5.55. The summed E-state index contributed by atoms with van der Waals surface area (Å²) in [5.41, 5.74) is 0. The Morgan fingerprint density at radius 2 is 1.00 bits per heavy atom. The Morgan fingerprint density at radius 1 is 1.00 bits per heavy atom. The van der Waals surface area contributed by atoms with Gasteiger partial charge in [-0.25, -0.2) is 4.57 Å². The molecule has 0 aliphatic rings. The molecule has 0 amide bonds. The van der Waals surface area contributed by atoms with E-state index in [4.69, 9.17) is 19.2 Å². The van der Waals surface area contributed by atoms with E-state index in [1.54, 1.807) is 0 Å². The summed E-state index contributed by atoms with van der Waals surface area (Å²) in [4.78, 5) is 21.6. The van der Waals surface area contributed by atoms with Gasteiger partial charge in [-0.1, -0.05) is 0 Å². The summed E-state index contributed by atoms with van der Waals surface area (Å²) in [5.74, 6) is 0. The van der Waals surface area contributed by atoms with Gasteiger partial charge in [0.15, 0.2) is 0 Å². The Hall–Kier alpha value is 0.549. The molecule has 0 spiro atoms. The number of phosphoric acid groups is 1. The zero-order valence-electron chi connectivity index (χ0n) is 3.55. The third-order valence-electron chi connectivity index (χ3n) is 0. The molecular formula is H7FeO6P. The van der Waals surface area contributed by atoms with Gasteiger partial charge in [0.05, 0.1) is 0 Å². The predicted molar refractivity (Wildman–Crippen MR) is 21.5 cm³/mol. The summed E-state index contributed by atoms with van der Waals surface area (Å²) in [6.45, 7) is 0. The smallest absolute Gasteiger partial charge is 0.412 e. The van der Waals surface area contributed by atoms with Crippen LogP contribution in [-0.2, 0) is 21.6 Å². The fourth-order valence-electron chi connectivity index (χ4n) is 0. The van der Waals surface area contributed by atoms with Crippen LogP contribution in [0.5, 0.6) is 0 Å². The van der Waals surface area contributed by atoms with Gasteiger partial charge in [0, 0.05) is 17.1 Å². The average Bonchev–Trinajstić information content (AvgIpc) is 0.722. The molecule has 0 heterocycles. The maximum Gasteiger partial charge on any atom is 0.466 e.